The summed E-state index contributed by atoms with van der Waals surface area (Å²) in [5.74, 6) is -0.570. The summed E-state index contributed by atoms with van der Waals surface area (Å²) in [7, 11) is 0. The Hall–Kier alpha value is -5.31. The van der Waals surface area contributed by atoms with Crippen LogP contribution in [0, 0.1) is 21.4 Å². The molecule has 12 nitrogen and oxygen atoms in total. The fourth-order valence-electron chi connectivity index (χ4n) is 3.23. The number of pyridine rings is 1. The lowest BCUT2D eigenvalue weighted by Crippen LogP contribution is -2.17. The number of aromatic nitrogens is 3. The zero-order valence-corrected chi connectivity index (χ0v) is 18.0. The average molecular weight is 471 g/mol. The number of benzene rings is 1. The molecule has 0 unspecified atom stereocenters. The smallest absolute Gasteiger partial charge is 0.340 e. The molecule has 3 heterocycles. The molecular weight excluding hydrogens is 454 g/mol. The van der Waals surface area contributed by atoms with Gasteiger partial charge in [0, 0.05) is 30.3 Å². The second-order valence-electron chi connectivity index (χ2n) is 7.14. The predicted molar refractivity (Wildman–Crippen MR) is 125 cm³/mol. The number of hydrogen-bond donors (Lipinski definition) is 3. The van der Waals surface area contributed by atoms with Crippen LogP contribution < -0.4 is 10.6 Å². The maximum Gasteiger partial charge on any atom is 0.340 e. The maximum absolute atomic E-state index is 12.2. The zero-order chi connectivity index (χ0) is 24.8. The van der Waals surface area contributed by atoms with Gasteiger partial charge in [-0.3, -0.25) is 10.1 Å². The normalized spacial score (nSPS) is 10.4. The van der Waals surface area contributed by atoms with E-state index in [0.717, 1.165) is 6.20 Å². The lowest BCUT2D eigenvalue weighted by molar-refractivity contribution is -0.385. The first-order valence-electron chi connectivity index (χ1n) is 10.2. The number of nitriles is 1. The summed E-state index contributed by atoms with van der Waals surface area (Å²) in [5.41, 5.74) is 1.55. The monoisotopic (exact) mass is 471 g/mol. The van der Waals surface area contributed by atoms with Gasteiger partial charge in [0.15, 0.2) is 0 Å². The summed E-state index contributed by atoms with van der Waals surface area (Å²) >= 11 is 0. The molecule has 0 saturated heterocycles. The Labute approximate surface area is 198 Å². The Morgan fingerprint density at radius 1 is 1.06 bits per heavy atom. The molecular formula is C23H17N7O5. The van der Waals surface area contributed by atoms with Crippen LogP contribution in [-0.2, 0) is 0 Å². The third-order valence-corrected chi connectivity index (χ3v) is 4.88. The van der Waals surface area contributed by atoms with Gasteiger partial charge >= 0.3 is 5.97 Å². The van der Waals surface area contributed by atoms with Gasteiger partial charge in [0.2, 0.25) is 5.95 Å². The van der Waals surface area contributed by atoms with Crippen LogP contribution >= 0.6 is 0 Å². The van der Waals surface area contributed by atoms with Crippen molar-refractivity contribution in [3.05, 3.63) is 82.4 Å². The molecule has 0 amide bonds. The first-order valence-corrected chi connectivity index (χ1v) is 10.2. The van der Waals surface area contributed by atoms with E-state index in [1.807, 2.05) is 6.07 Å². The van der Waals surface area contributed by atoms with Gasteiger partial charge in [-0.25, -0.2) is 19.7 Å². The number of hydrogen-bond acceptors (Lipinski definition) is 10. The number of carboxylic acids is 1. The first-order chi connectivity index (χ1) is 17.0. The number of nitrogens with zero attached hydrogens (tertiary/aromatic N) is 5. The van der Waals surface area contributed by atoms with Crippen LogP contribution in [-0.4, -0.2) is 44.0 Å². The van der Waals surface area contributed by atoms with Crippen LogP contribution in [0.3, 0.4) is 0 Å². The van der Waals surface area contributed by atoms with E-state index < -0.39 is 10.9 Å². The maximum atomic E-state index is 12.2. The van der Waals surface area contributed by atoms with E-state index in [4.69, 9.17) is 9.68 Å². The molecule has 4 rings (SSSR count). The van der Waals surface area contributed by atoms with Crippen molar-refractivity contribution in [1.82, 2.24) is 15.0 Å². The van der Waals surface area contributed by atoms with Gasteiger partial charge in [0.25, 0.3) is 5.69 Å². The van der Waals surface area contributed by atoms with Crippen molar-refractivity contribution in [2.45, 2.75) is 0 Å². The summed E-state index contributed by atoms with van der Waals surface area (Å²) in [5, 5.41) is 35.8. The quantitative estimate of drug-likeness (QED) is 0.183. The van der Waals surface area contributed by atoms with Crippen molar-refractivity contribution in [2.75, 3.05) is 23.7 Å². The molecule has 4 aromatic rings. The van der Waals surface area contributed by atoms with Gasteiger partial charge in [-0.05, 0) is 24.3 Å². The zero-order valence-electron chi connectivity index (χ0n) is 18.0. The van der Waals surface area contributed by atoms with Crippen molar-refractivity contribution >= 4 is 23.4 Å². The Morgan fingerprint density at radius 3 is 2.34 bits per heavy atom. The van der Waals surface area contributed by atoms with Crippen LogP contribution in [0.25, 0.3) is 22.5 Å². The standard InChI is InChI=1S/C23H17N7O5/c24-11-14-1-3-15(4-2-14)20-19(22(31)32)21(16-7-10-35-13-16)29-23(28-20)26-9-8-25-18-6-5-17(12-27-18)30(33)34/h1-7,10,12-13H,8-9H2,(H,25,27)(H,31,32)(H,26,28,29). The van der Waals surface area contributed by atoms with E-state index in [2.05, 4.69) is 25.6 Å². The molecule has 3 aromatic heterocycles. The highest BCUT2D eigenvalue weighted by Gasteiger charge is 2.23. The second-order valence-corrected chi connectivity index (χ2v) is 7.14. The summed E-state index contributed by atoms with van der Waals surface area (Å²) < 4.78 is 5.12. The van der Waals surface area contributed by atoms with Gasteiger partial charge in [0.05, 0.1) is 40.5 Å². The molecule has 3 N–H and O–H groups in total. The van der Waals surface area contributed by atoms with Crippen LogP contribution in [0.1, 0.15) is 15.9 Å². The fraction of sp³-hybridized carbons (Fsp3) is 0.0870. The highest BCUT2D eigenvalue weighted by molar-refractivity contribution is 6.01. The van der Waals surface area contributed by atoms with Crippen molar-refractivity contribution in [2.24, 2.45) is 0 Å². The summed E-state index contributed by atoms with van der Waals surface area (Å²) in [6.45, 7) is 0.713. The number of rotatable bonds is 9. The number of nitrogens with one attached hydrogen (secondary N) is 2. The number of carboxylic acid groups (broad SMARTS) is 1. The van der Waals surface area contributed by atoms with E-state index in [1.54, 1.807) is 30.3 Å². The number of nitro groups is 1. The SMILES string of the molecule is N#Cc1ccc(-c2nc(NCCNc3ccc([N+](=O)[O-])cn3)nc(-c3ccoc3)c2C(=O)O)cc1. The highest BCUT2D eigenvalue weighted by atomic mass is 16.6. The van der Waals surface area contributed by atoms with Crippen molar-refractivity contribution in [3.8, 4) is 28.6 Å². The molecule has 12 heteroatoms. The van der Waals surface area contributed by atoms with Crippen molar-refractivity contribution < 1.29 is 19.2 Å². The lowest BCUT2D eigenvalue weighted by atomic mass is 10.0. The second kappa shape index (κ2) is 10.1. The van der Waals surface area contributed by atoms with Gasteiger partial charge in [-0.2, -0.15) is 5.26 Å². The van der Waals surface area contributed by atoms with Crippen LogP contribution in [0.5, 0.6) is 0 Å². The van der Waals surface area contributed by atoms with Crippen LogP contribution in [0.2, 0.25) is 0 Å². The van der Waals surface area contributed by atoms with Crippen molar-refractivity contribution in [3.63, 3.8) is 0 Å². The molecule has 0 aliphatic rings. The Balaban J connectivity index is 1.60. The number of carbonyl (C=O) groups is 1. The topological polar surface area (TPSA) is 180 Å². The Bertz CT molecular complexity index is 1400. The fourth-order valence-corrected chi connectivity index (χ4v) is 3.23. The molecule has 0 aliphatic heterocycles. The third kappa shape index (κ3) is 5.20. The highest BCUT2D eigenvalue weighted by Crippen LogP contribution is 2.31. The third-order valence-electron chi connectivity index (χ3n) is 4.88. The van der Waals surface area contributed by atoms with Crippen LogP contribution in [0.4, 0.5) is 17.5 Å². The number of anilines is 2. The van der Waals surface area contributed by atoms with E-state index in [-0.39, 0.29) is 28.6 Å². The minimum absolute atomic E-state index is 0.102. The van der Waals surface area contributed by atoms with E-state index in [1.165, 1.54) is 24.7 Å². The van der Waals surface area contributed by atoms with Gasteiger partial charge in [-0.1, -0.05) is 12.1 Å². The average Bonchev–Trinajstić information content (AvgIpc) is 3.41. The lowest BCUT2D eigenvalue weighted by Gasteiger charge is -2.14. The Kier molecular flexibility index (Phi) is 6.59. The largest absolute Gasteiger partial charge is 0.478 e. The summed E-state index contributed by atoms with van der Waals surface area (Å²) in [6, 6.07) is 12.9. The molecule has 0 spiro atoms. The number of aromatic carboxylic acids is 1. The molecule has 1 aromatic carbocycles. The van der Waals surface area contributed by atoms with E-state index in [9.17, 15) is 20.0 Å². The van der Waals surface area contributed by atoms with Gasteiger partial charge in [0.1, 0.15) is 17.6 Å². The molecule has 0 saturated carbocycles. The molecule has 174 valence electrons. The molecule has 0 fully saturated rings. The minimum Gasteiger partial charge on any atom is -0.478 e. The predicted octanol–water partition coefficient (Wildman–Crippen LogP) is 3.80. The molecule has 0 radical (unpaired) electrons. The van der Waals surface area contributed by atoms with Gasteiger partial charge in [-0.15, -0.1) is 0 Å². The van der Waals surface area contributed by atoms with Crippen LogP contribution in [0.15, 0.2) is 65.6 Å². The van der Waals surface area contributed by atoms with Crippen molar-refractivity contribution in [1.29, 1.82) is 5.26 Å². The number of furan rings is 1. The summed E-state index contributed by atoms with van der Waals surface area (Å²) in [6.07, 6.45) is 3.96. The van der Waals surface area contributed by atoms with Gasteiger partial charge < -0.3 is 20.2 Å². The minimum atomic E-state index is -1.21. The summed E-state index contributed by atoms with van der Waals surface area (Å²) in [4.78, 5) is 35.2. The Morgan fingerprint density at radius 2 is 1.77 bits per heavy atom. The molecule has 0 atom stereocenters. The molecule has 0 bridgehead atoms. The molecule has 35 heavy (non-hydrogen) atoms. The van der Waals surface area contributed by atoms with E-state index in [0.29, 0.717) is 35.6 Å². The molecule has 0 aliphatic carbocycles. The van der Waals surface area contributed by atoms with E-state index >= 15 is 0 Å². The first kappa shape index (κ1) is 22.9.